The van der Waals surface area contributed by atoms with Crippen LogP contribution in [0, 0.1) is 0 Å². The number of likely N-dealkylation sites (N-methyl/N-ethyl adjacent to an activating group) is 1. The van der Waals surface area contributed by atoms with E-state index in [0.717, 1.165) is 19.4 Å². The van der Waals surface area contributed by atoms with Gasteiger partial charge in [-0.2, -0.15) is 0 Å². The summed E-state index contributed by atoms with van der Waals surface area (Å²) in [6.07, 6.45) is 3.45. The Morgan fingerprint density at radius 1 is 1.21 bits per heavy atom. The van der Waals surface area contributed by atoms with Gasteiger partial charge in [-0.25, -0.2) is 0 Å². The Bertz CT molecular complexity index is 369. The first-order valence-corrected chi connectivity index (χ1v) is 8.21. The molecule has 1 N–H and O–H groups in total. The topological polar surface area (TPSA) is 15.3 Å². The van der Waals surface area contributed by atoms with Gasteiger partial charge in [0.1, 0.15) is 0 Å². The van der Waals surface area contributed by atoms with Gasteiger partial charge in [0, 0.05) is 21.3 Å². The predicted molar refractivity (Wildman–Crippen MR) is 87.2 cm³/mol. The van der Waals surface area contributed by atoms with Crippen LogP contribution in [0.15, 0.2) is 12.1 Å². The summed E-state index contributed by atoms with van der Waals surface area (Å²) in [5.74, 6) is 0. The fourth-order valence-electron chi connectivity index (χ4n) is 2.13. The van der Waals surface area contributed by atoms with Gasteiger partial charge < -0.3 is 10.2 Å². The molecule has 0 fully saturated rings. The monoisotopic (exact) mass is 282 g/mol. The number of thiophene rings is 1. The second kappa shape index (κ2) is 7.41. The van der Waals surface area contributed by atoms with Crippen molar-refractivity contribution in [3.8, 4) is 0 Å². The number of rotatable bonds is 8. The normalized spacial score (nSPS) is 14.1. The molecular weight excluding hydrogens is 252 g/mol. The van der Waals surface area contributed by atoms with Crippen molar-refractivity contribution in [1.29, 1.82) is 0 Å². The van der Waals surface area contributed by atoms with E-state index in [1.807, 2.05) is 11.3 Å². The molecule has 1 aromatic heterocycles. The fraction of sp³-hybridized carbons (Fsp3) is 0.750. The van der Waals surface area contributed by atoms with Crippen molar-refractivity contribution in [2.45, 2.75) is 58.5 Å². The third-order valence-corrected chi connectivity index (χ3v) is 5.37. The molecule has 1 rings (SSSR count). The second-order valence-electron chi connectivity index (χ2n) is 5.98. The van der Waals surface area contributed by atoms with Crippen LogP contribution < -0.4 is 5.32 Å². The zero-order valence-electron chi connectivity index (χ0n) is 13.4. The van der Waals surface area contributed by atoms with Crippen molar-refractivity contribution < 1.29 is 0 Å². The third kappa shape index (κ3) is 4.59. The second-order valence-corrected chi connectivity index (χ2v) is 7.23. The molecule has 2 nitrogen and oxygen atoms in total. The smallest absolute Gasteiger partial charge is 0.0303 e. The van der Waals surface area contributed by atoms with E-state index in [1.54, 1.807) is 0 Å². The highest BCUT2D eigenvalue weighted by atomic mass is 32.1. The van der Waals surface area contributed by atoms with Crippen LogP contribution >= 0.6 is 11.3 Å². The van der Waals surface area contributed by atoms with Gasteiger partial charge in [-0.05, 0) is 65.9 Å². The van der Waals surface area contributed by atoms with E-state index in [2.05, 4.69) is 64.1 Å². The van der Waals surface area contributed by atoms with Crippen LogP contribution in [-0.2, 0) is 12.8 Å². The zero-order chi connectivity index (χ0) is 14.5. The molecule has 0 aromatic carbocycles. The van der Waals surface area contributed by atoms with Crippen molar-refractivity contribution in [3.05, 3.63) is 21.9 Å². The SMILES string of the molecule is CCCNC(Cc1ccc(CC)s1)C(C)(C)N(C)C. The molecule has 0 bridgehead atoms. The van der Waals surface area contributed by atoms with E-state index in [4.69, 9.17) is 0 Å². The van der Waals surface area contributed by atoms with Gasteiger partial charge in [-0.15, -0.1) is 11.3 Å². The van der Waals surface area contributed by atoms with E-state index < -0.39 is 0 Å². The largest absolute Gasteiger partial charge is 0.312 e. The summed E-state index contributed by atoms with van der Waals surface area (Å²) >= 11 is 1.96. The minimum atomic E-state index is 0.158. The quantitative estimate of drug-likeness (QED) is 0.784. The summed E-state index contributed by atoms with van der Waals surface area (Å²) in [5.41, 5.74) is 0.158. The van der Waals surface area contributed by atoms with E-state index in [-0.39, 0.29) is 5.54 Å². The number of nitrogens with one attached hydrogen (secondary N) is 1. The number of nitrogens with zero attached hydrogens (tertiary/aromatic N) is 1. The molecule has 0 saturated carbocycles. The highest BCUT2D eigenvalue weighted by Crippen LogP contribution is 2.24. The molecule has 110 valence electrons. The van der Waals surface area contributed by atoms with Crippen LogP contribution in [-0.4, -0.2) is 37.1 Å². The third-order valence-electron chi connectivity index (χ3n) is 4.12. The minimum Gasteiger partial charge on any atom is -0.312 e. The van der Waals surface area contributed by atoms with Crippen LogP contribution in [0.5, 0.6) is 0 Å². The molecule has 19 heavy (non-hydrogen) atoms. The van der Waals surface area contributed by atoms with Crippen LogP contribution in [0.2, 0.25) is 0 Å². The van der Waals surface area contributed by atoms with Crippen molar-refractivity contribution >= 4 is 11.3 Å². The zero-order valence-corrected chi connectivity index (χ0v) is 14.2. The standard InChI is InChI=1S/C16H30N2S/c1-7-11-17-15(16(3,4)18(5)6)12-14-10-9-13(8-2)19-14/h9-10,15,17H,7-8,11-12H2,1-6H3. The molecule has 1 atom stereocenters. The van der Waals surface area contributed by atoms with Gasteiger partial charge in [0.05, 0.1) is 0 Å². The van der Waals surface area contributed by atoms with Crippen molar-refractivity contribution in [3.63, 3.8) is 0 Å². The van der Waals surface area contributed by atoms with E-state index in [1.165, 1.54) is 16.2 Å². The molecule has 0 spiro atoms. The molecule has 0 saturated heterocycles. The molecule has 1 unspecified atom stereocenters. The molecule has 3 heteroatoms. The van der Waals surface area contributed by atoms with Crippen LogP contribution in [0.25, 0.3) is 0 Å². The van der Waals surface area contributed by atoms with Gasteiger partial charge in [0.2, 0.25) is 0 Å². The molecule has 1 aromatic rings. The lowest BCUT2D eigenvalue weighted by atomic mass is 9.90. The summed E-state index contributed by atoms with van der Waals surface area (Å²) < 4.78 is 0. The highest BCUT2D eigenvalue weighted by Gasteiger charge is 2.31. The first kappa shape index (κ1) is 16.7. The molecule has 0 aliphatic heterocycles. The maximum Gasteiger partial charge on any atom is 0.0303 e. The highest BCUT2D eigenvalue weighted by molar-refractivity contribution is 7.11. The molecular formula is C16H30N2S. The van der Waals surface area contributed by atoms with Crippen LogP contribution in [0.4, 0.5) is 0 Å². The van der Waals surface area contributed by atoms with E-state index >= 15 is 0 Å². The summed E-state index contributed by atoms with van der Waals surface area (Å²) in [5, 5.41) is 3.73. The summed E-state index contributed by atoms with van der Waals surface area (Å²) in [6, 6.07) is 5.07. The van der Waals surface area contributed by atoms with Gasteiger partial charge in [0.25, 0.3) is 0 Å². The molecule has 0 aliphatic carbocycles. The van der Waals surface area contributed by atoms with Gasteiger partial charge >= 0.3 is 0 Å². The minimum absolute atomic E-state index is 0.158. The Labute approximate surface area is 123 Å². The average Bonchev–Trinajstić information content (AvgIpc) is 2.81. The lowest BCUT2D eigenvalue weighted by molar-refractivity contribution is 0.137. The summed E-state index contributed by atoms with van der Waals surface area (Å²) in [7, 11) is 4.35. The van der Waals surface area contributed by atoms with Crippen LogP contribution in [0.1, 0.15) is 43.9 Å². The number of hydrogen-bond donors (Lipinski definition) is 1. The Kier molecular flexibility index (Phi) is 6.51. The molecule has 0 radical (unpaired) electrons. The number of aryl methyl sites for hydroxylation is 1. The molecule has 0 amide bonds. The Balaban J connectivity index is 2.79. The summed E-state index contributed by atoms with van der Waals surface area (Å²) in [4.78, 5) is 5.32. The maximum absolute atomic E-state index is 3.73. The average molecular weight is 282 g/mol. The lowest BCUT2D eigenvalue weighted by Crippen LogP contribution is -2.56. The predicted octanol–water partition coefficient (Wildman–Crippen LogP) is 3.56. The summed E-state index contributed by atoms with van der Waals surface area (Å²) in [6.45, 7) is 10.2. The number of hydrogen-bond acceptors (Lipinski definition) is 3. The van der Waals surface area contributed by atoms with Crippen LogP contribution in [0.3, 0.4) is 0 Å². The maximum atomic E-state index is 3.73. The first-order valence-electron chi connectivity index (χ1n) is 7.40. The van der Waals surface area contributed by atoms with E-state index in [0.29, 0.717) is 6.04 Å². The van der Waals surface area contributed by atoms with Gasteiger partial charge in [-0.1, -0.05) is 13.8 Å². The first-order chi connectivity index (χ1) is 8.91. The van der Waals surface area contributed by atoms with Gasteiger partial charge in [-0.3, -0.25) is 0 Å². The molecule has 0 aliphatic rings. The Morgan fingerprint density at radius 2 is 1.84 bits per heavy atom. The van der Waals surface area contributed by atoms with Crippen molar-refractivity contribution in [1.82, 2.24) is 10.2 Å². The molecule has 1 heterocycles. The fourth-order valence-corrected chi connectivity index (χ4v) is 3.13. The lowest BCUT2D eigenvalue weighted by Gasteiger charge is -2.40. The Hall–Kier alpha value is -0.380. The van der Waals surface area contributed by atoms with Gasteiger partial charge in [0.15, 0.2) is 0 Å². The van der Waals surface area contributed by atoms with Crippen molar-refractivity contribution in [2.24, 2.45) is 0 Å². The van der Waals surface area contributed by atoms with E-state index in [9.17, 15) is 0 Å². The Morgan fingerprint density at radius 3 is 2.32 bits per heavy atom. The van der Waals surface area contributed by atoms with Crippen molar-refractivity contribution in [2.75, 3.05) is 20.6 Å².